The van der Waals surface area contributed by atoms with E-state index in [0.717, 1.165) is 29.4 Å². The summed E-state index contributed by atoms with van der Waals surface area (Å²) in [7, 11) is -3.90. The van der Waals surface area contributed by atoms with Gasteiger partial charge in [-0.05, 0) is 54.3 Å². The van der Waals surface area contributed by atoms with Crippen molar-refractivity contribution in [3.63, 3.8) is 0 Å². The van der Waals surface area contributed by atoms with Gasteiger partial charge in [0.2, 0.25) is 5.91 Å². The van der Waals surface area contributed by atoms with Gasteiger partial charge < -0.3 is 4.90 Å². The van der Waals surface area contributed by atoms with E-state index in [1.165, 1.54) is 0 Å². The van der Waals surface area contributed by atoms with E-state index in [2.05, 4.69) is 4.72 Å². The number of fused-ring (bicyclic) bond motifs is 1. The molecule has 0 aliphatic carbocycles. The summed E-state index contributed by atoms with van der Waals surface area (Å²) >= 11 is 5.68. The van der Waals surface area contributed by atoms with Crippen molar-refractivity contribution in [1.82, 2.24) is 0 Å². The maximum absolute atomic E-state index is 13.3. The number of nitrogens with one attached hydrogen (secondary N) is 1. The fourth-order valence-electron chi connectivity index (χ4n) is 3.05. The molecule has 144 valence electrons. The van der Waals surface area contributed by atoms with Crippen molar-refractivity contribution in [2.45, 2.75) is 31.6 Å². The highest BCUT2D eigenvalue weighted by atomic mass is 35.5. The van der Waals surface area contributed by atoms with Crippen molar-refractivity contribution in [3.8, 4) is 0 Å². The number of carbonyl (C=O) groups excluding carboxylic acids is 1. The van der Waals surface area contributed by atoms with Gasteiger partial charge in [-0.15, -0.1) is 0 Å². The van der Waals surface area contributed by atoms with Crippen LogP contribution in [0, 0.1) is 11.7 Å². The number of rotatable bonds is 5. The normalized spacial score (nSPS) is 14.4. The molecule has 1 aliphatic rings. The van der Waals surface area contributed by atoms with Gasteiger partial charge in [0.15, 0.2) is 0 Å². The zero-order valence-corrected chi connectivity index (χ0v) is 16.6. The Morgan fingerprint density at radius 3 is 2.59 bits per heavy atom. The van der Waals surface area contributed by atoms with E-state index in [1.54, 1.807) is 23.1 Å². The molecule has 2 aromatic rings. The molecule has 0 bridgehead atoms. The second-order valence-corrected chi connectivity index (χ2v) is 9.01. The summed E-state index contributed by atoms with van der Waals surface area (Å²) in [6, 6.07) is 8.35. The smallest absolute Gasteiger partial charge is 0.261 e. The van der Waals surface area contributed by atoms with Gasteiger partial charge in [0.1, 0.15) is 5.82 Å². The van der Waals surface area contributed by atoms with Gasteiger partial charge >= 0.3 is 0 Å². The van der Waals surface area contributed by atoms with E-state index in [0.29, 0.717) is 31.0 Å². The number of hydrogen-bond acceptors (Lipinski definition) is 3. The SMILES string of the molecule is CC(C)CN1C(=O)CCc2cc(NS(=O)(=O)c3ccc(F)c(Cl)c3)ccc21. The molecule has 1 amide bonds. The van der Waals surface area contributed by atoms with Crippen molar-refractivity contribution in [2.75, 3.05) is 16.2 Å². The van der Waals surface area contributed by atoms with Crippen LogP contribution < -0.4 is 9.62 Å². The lowest BCUT2D eigenvalue weighted by Gasteiger charge is -2.31. The summed E-state index contributed by atoms with van der Waals surface area (Å²) in [6.07, 6.45) is 0.949. The Hall–Kier alpha value is -2.12. The Morgan fingerprint density at radius 1 is 1.19 bits per heavy atom. The largest absolute Gasteiger partial charge is 0.312 e. The first-order chi connectivity index (χ1) is 12.7. The lowest BCUT2D eigenvalue weighted by atomic mass is 9.99. The van der Waals surface area contributed by atoms with Crippen LogP contribution in [0.3, 0.4) is 0 Å². The van der Waals surface area contributed by atoms with Crippen LogP contribution in [0.15, 0.2) is 41.3 Å². The molecule has 0 aromatic heterocycles. The van der Waals surface area contributed by atoms with Crippen LogP contribution in [0.1, 0.15) is 25.8 Å². The Morgan fingerprint density at radius 2 is 1.93 bits per heavy atom. The monoisotopic (exact) mass is 410 g/mol. The van der Waals surface area contributed by atoms with Crippen molar-refractivity contribution >= 4 is 38.9 Å². The summed E-state index contributed by atoms with van der Waals surface area (Å²) < 4.78 is 40.8. The predicted molar refractivity (Wildman–Crippen MR) is 104 cm³/mol. The molecule has 0 spiro atoms. The Balaban J connectivity index is 1.89. The summed E-state index contributed by atoms with van der Waals surface area (Å²) in [4.78, 5) is 13.9. The third kappa shape index (κ3) is 4.25. The van der Waals surface area contributed by atoms with Crippen molar-refractivity contribution < 1.29 is 17.6 Å². The van der Waals surface area contributed by atoms with Crippen LogP contribution >= 0.6 is 11.6 Å². The molecule has 1 aliphatic heterocycles. The first kappa shape index (κ1) is 19.6. The zero-order chi connectivity index (χ0) is 19.8. The lowest BCUT2D eigenvalue weighted by molar-refractivity contribution is -0.119. The van der Waals surface area contributed by atoms with Crippen LogP contribution in [0.4, 0.5) is 15.8 Å². The molecular weight excluding hydrogens is 391 g/mol. The Bertz CT molecular complexity index is 992. The number of amides is 1. The first-order valence-electron chi connectivity index (χ1n) is 8.58. The average molecular weight is 411 g/mol. The fourth-order valence-corrected chi connectivity index (χ4v) is 4.37. The van der Waals surface area contributed by atoms with E-state index >= 15 is 0 Å². The highest BCUT2D eigenvalue weighted by molar-refractivity contribution is 7.92. The fraction of sp³-hybridized carbons (Fsp3) is 0.316. The minimum absolute atomic E-state index is 0.0745. The molecule has 2 aromatic carbocycles. The molecule has 0 saturated carbocycles. The minimum atomic E-state index is -3.90. The lowest BCUT2D eigenvalue weighted by Crippen LogP contribution is -2.37. The molecule has 27 heavy (non-hydrogen) atoms. The number of hydrogen-bond donors (Lipinski definition) is 1. The van der Waals surface area contributed by atoms with Crippen molar-refractivity contribution in [2.24, 2.45) is 5.92 Å². The highest BCUT2D eigenvalue weighted by Crippen LogP contribution is 2.32. The van der Waals surface area contributed by atoms with Gasteiger partial charge in [-0.25, -0.2) is 12.8 Å². The number of carbonyl (C=O) groups is 1. The van der Waals surface area contributed by atoms with Gasteiger partial charge in [-0.1, -0.05) is 25.4 Å². The van der Waals surface area contributed by atoms with Crippen LogP contribution in [-0.2, 0) is 21.2 Å². The van der Waals surface area contributed by atoms with Crippen LogP contribution in [0.2, 0.25) is 5.02 Å². The molecule has 1 N–H and O–H groups in total. The average Bonchev–Trinajstić information content (AvgIpc) is 2.59. The molecule has 8 heteroatoms. The van der Waals surface area contributed by atoms with Crippen LogP contribution in [-0.4, -0.2) is 20.9 Å². The molecule has 3 rings (SSSR count). The second kappa shape index (κ2) is 7.48. The maximum Gasteiger partial charge on any atom is 0.261 e. The highest BCUT2D eigenvalue weighted by Gasteiger charge is 2.25. The Kier molecular flexibility index (Phi) is 5.44. The molecule has 0 fully saturated rings. The van der Waals surface area contributed by atoms with Gasteiger partial charge in [-0.2, -0.15) is 0 Å². The molecule has 0 saturated heterocycles. The number of halogens is 2. The molecule has 5 nitrogen and oxygen atoms in total. The molecule has 0 unspecified atom stereocenters. The van der Waals surface area contributed by atoms with Gasteiger partial charge in [-0.3, -0.25) is 9.52 Å². The minimum Gasteiger partial charge on any atom is -0.312 e. The van der Waals surface area contributed by atoms with Gasteiger partial charge in [0.25, 0.3) is 10.0 Å². The number of benzene rings is 2. The first-order valence-corrected chi connectivity index (χ1v) is 10.4. The standard InChI is InChI=1S/C19H20ClFN2O3S/c1-12(2)11-23-18-7-4-14(9-13(18)3-8-19(23)24)22-27(25,26)15-5-6-17(21)16(20)10-15/h4-7,9-10,12,22H,3,8,11H2,1-2H3. The maximum atomic E-state index is 13.3. The number of aryl methyl sites for hydroxylation is 1. The van der Waals surface area contributed by atoms with E-state index in [4.69, 9.17) is 11.6 Å². The summed E-state index contributed by atoms with van der Waals surface area (Å²) in [5, 5.41) is -0.258. The van der Waals surface area contributed by atoms with E-state index in [-0.39, 0.29) is 15.8 Å². The number of sulfonamides is 1. The molecule has 0 radical (unpaired) electrons. The number of anilines is 2. The summed E-state index contributed by atoms with van der Waals surface area (Å²) in [6.45, 7) is 4.70. The quantitative estimate of drug-likeness (QED) is 0.802. The summed E-state index contributed by atoms with van der Waals surface area (Å²) in [5.41, 5.74) is 2.10. The van der Waals surface area contributed by atoms with E-state index < -0.39 is 15.8 Å². The van der Waals surface area contributed by atoms with Gasteiger partial charge in [0.05, 0.1) is 9.92 Å². The van der Waals surface area contributed by atoms with E-state index in [9.17, 15) is 17.6 Å². The van der Waals surface area contributed by atoms with Crippen molar-refractivity contribution in [3.05, 3.63) is 52.8 Å². The third-order valence-corrected chi connectivity index (χ3v) is 5.95. The molecule has 1 heterocycles. The van der Waals surface area contributed by atoms with Crippen LogP contribution in [0.25, 0.3) is 0 Å². The molecule has 0 atom stereocenters. The summed E-state index contributed by atoms with van der Waals surface area (Å²) in [5.74, 6) is -0.286. The Labute approximate surface area is 163 Å². The van der Waals surface area contributed by atoms with Crippen molar-refractivity contribution in [1.29, 1.82) is 0 Å². The second-order valence-electron chi connectivity index (χ2n) is 6.92. The molecular formula is C19H20ClFN2O3S. The predicted octanol–water partition coefficient (Wildman–Crippen LogP) is 4.22. The van der Waals surface area contributed by atoms with Crippen LogP contribution in [0.5, 0.6) is 0 Å². The zero-order valence-electron chi connectivity index (χ0n) is 15.0. The third-order valence-electron chi connectivity index (χ3n) is 4.28. The van der Waals surface area contributed by atoms with E-state index in [1.807, 2.05) is 13.8 Å². The topological polar surface area (TPSA) is 66.5 Å². The number of nitrogens with zero attached hydrogens (tertiary/aromatic N) is 1. The van der Waals surface area contributed by atoms with Gasteiger partial charge in [0, 0.05) is 24.3 Å².